The molecular formula is C10H14N2O2S. The lowest BCUT2D eigenvalue weighted by atomic mass is 10.2. The van der Waals surface area contributed by atoms with Gasteiger partial charge in [0.2, 0.25) is 5.91 Å². The molecular weight excluding hydrogens is 212 g/mol. The molecule has 1 fully saturated rings. The van der Waals surface area contributed by atoms with Crippen molar-refractivity contribution in [1.29, 1.82) is 0 Å². The molecule has 15 heavy (non-hydrogen) atoms. The Morgan fingerprint density at radius 2 is 2.60 bits per heavy atom. The fourth-order valence-corrected chi connectivity index (χ4v) is 2.29. The molecule has 2 rings (SSSR count). The highest BCUT2D eigenvalue weighted by atomic mass is 32.1. The zero-order valence-corrected chi connectivity index (χ0v) is 9.09. The van der Waals surface area contributed by atoms with E-state index in [1.165, 1.54) is 0 Å². The van der Waals surface area contributed by atoms with Gasteiger partial charge in [-0.25, -0.2) is 0 Å². The maximum atomic E-state index is 11.6. The molecule has 0 aliphatic carbocycles. The Bertz CT molecular complexity index is 326. The Labute approximate surface area is 92.3 Å². The molecule has 82 valence electrons. The van der Waals surface area contributed by atoms with Crippen molar-refractivity contribution in [2.45, 2.75) is 25.1 Å². The molecule has 4 nitrogen and oxygen atoms in total. The van der Waals surface area contributed by atoms with E-state index < -0.39 is 0 Å². The van der Waals surface area contributed by atoms with Crippen LogP contribution in [0.5, 0.6) is 0 Å². The summed E-state index contributed by atoms with van der Waals surface area (Å²) in [4.78, 5) is 11.6. The van der Waals surface area contributed by atoms with Crippen LogP contribution in [-0.2, 0) is 11.3 Å². The van der Waals surface area contributed by atoms with E-state index in [2.05, 4.69) is 10.6 Å². The van der Waals surface area contributed by atoms with Gasteiger partial charge in [0.1, 0.15) is 0 Å². The first-order valence-corrected chi connectivity index (χ1v) is 5.90. The molecule has 0 aromatic carbocycles. The topological polar surface area (TPSA) is 61.4 Å². The average molecular weight is 226 g/mol. The van der Waals surface area contributed by atoms with Crippen molar-refractivity contribution in [3.63, 3.8) is 0 Å². The fraction of sp³-hybridized carbons (Fsp3) is 0.500. The number of aliphatic hydroxyl groups excluding tert-OH is 1. The van der Waals surface area contributed by atoms with Gasteiger partial charge in [-0.1, -0.05) is 0 Å². The summed E-state index contributed by atoms with van der Waals surface area (Å²) in [5.74, 6) is -0.0299. The van der Waals surface area contributed by atoms with Crippen LogP contribution in [0, 0.1) is 0 Å². The Morgan fingerprint density at radius 1 is 1.73 bits per heavy atom. The number of rotatable bonds is 3. The van der Waals surface area contributed by atoms with Crippen LogP contribution in [0.25, 0.3) is 0 Å². The van der Waals surface area contributed by atoms with Crippen LogP contribution >= 0.6 is 11.3 Å². The highest BCUT2D eigenvalue weighted by Crippen LogP contribution is 2.08. The van der Waals surface area contributed by atoms with Gasteiger partial charge in [-0.2, -0.15) is 11.3 Å². The second kappa shape index (κ2) is 4.74. The van der Waals surface area contributed by atoms with Gasteiger partial charge in [0, 0.05) is 13.1 Å². The predicted molar refractivity (Wildman–Crippen MR) is 58.6 cm³/mol. The Kier molecular flexibility index (Phi) is 3.35. The minimum atomic E-state index is -0.387. The largest absolute Gasteiger partial charge is 0.392 e. The van der Waals surface area contributed by atoms with E-state index in [0.717, 1.165) is 5.56 Å². The molecule has 1 aliphatic rings. The predicted octanol–water partition coefficient (Wildman–Crippen LogP) is 0.0871. The minimum Gasteiger partial charge on any atom is -0.392 e. The van der Waals surface area contributed by atoms with Crippen molar-refractivity contribution in [2.75, 3.05) is 6.54 Å². The van der Waals surface area contributed by atoms with Crippen LogP contribution in [-0.4, -0.2) is 29.7 Å². The molecule has 1 aromatic rings. The number of nitrogens with one attached hydrogen (secondary N) is 2. The lowest BCUT2D eigenvalue weighted by Crippen LogP contribution is -2.39. The summed E-state index contributed by atoms with van der Waals surface area (Å²) in [6.45, 7) is 1.08. The monoisotopic (exact) mass is 226 g/mol. The van der Waals surface area contributed by atoms with E-state index in [9.17, 15) is 9.90 Å². The Morgan fingerprint density at radius 3 is 3.20 bits per heavy atom. The Hall–Kier alpha value is -0.910. The second-order valence-electron chi connectivity index (χ2n) is 3.70. The first-order valence-electron chi connectivity index (χ1n) is 4.96. The van der Waals surface area contributed by atoms with Crippen molar-refractivity contribution in [1.82, 2.24) is 10.6 Å². The third kappa shape index (κ3) is 2.77. The van der Waals surface area contributed by atoms with E-state index >= 15 is 0 Å². The van der Waals surface area contributed by atoms with Crippen LogP contribution in [0.15, 0.2) is 16.8 Å². The van der Waals surface area contributed by atoms with Crippen molar-refractivity contribution in [3.8, 4) is 0 Å². The molecule has 2 atom stereocenters. The van der Waals surface area contributed by atoms with Crippen molar-refractivity contribution < 1.29 is 9.90 Å². The minimum absolute atomic E-state index is 0.0299. The molecule has 0 bridgehead atoms. The first-order chi connectivity index (χ1) is 7.25. The van der Waals surface area contributed by atoms with Gasteiger partial charge in [-0.15, -0.1) is 0 Å². The number of thiophene rings is 1. The molecule has 1 amide bonds. The van der Waals surface area contributed by atoms with Gasteiger partial charge in [-0.3, -0.25) is 4.79 Å². The summed E-state index contributed by atoms with van der Waals surface area (Å²) in [5.41, 5.74) is 1.12. The zero-order valence-electron chi connectivity index (χ0n) is 8.27. The third-order valence-corrected chi connectivity index (χ3v) is 3.20. The van der Waals surface area contributed by atoms with Crippen molar-refractivity contribution in [3.05, 3.63) is 22.4 Å². The summed E-state index contributed by atoms with van der Waals surface area (Å²) < 4.78 is 0. The highest BCUT2D eigenvalue weighted by molar-refractivity contribution is 7.07. The molecule has 0 saturated carbocycles. The van der Waals surface area contributed by atoms with Crippen LogP contribution in [0.1, 0.15) is 12.0 Å². The van der Waals surface area contributed by atoms with E-state index in [0.29, 0.717) is 19.5 Å². The smallest absolute Gasteiger partial charge is 0.237 e. The lowest BCUT2D eigenvalue weighted by molar-refractivity contribution is -0.123. The summed E-state index contributed by atoms with van der Waals surface area (Å²) in [6.07, 6.45) is 0.122. The average Bonchev–Trinajstić information content (AvgIpc) is 2.84. The number of aliphatic hydroxyl groups is 1. The molecule has 1 aromatic heterocycles. The molecule has 3 N–H and O–H groups in total. The van der Waals surface area contributed by atoms with E-state index in [4.69, 9.17) is 0 Å². The van der Waals surface area contributed by atoms with Crippen LogP contribution in [0.3, 0.4) is 0 Å². The van der Waals surface area contributed by atoms with E-state index in [-0.39, 0.29) is 18.1 Å². The van der Waals surface area contributed by atoms with E-state index in [1.807, 2.05) is 16.8 Å². The fourth-order valence-electron chi connectivity index (χ4n) is 1.62. The van der Waals surface area contributed by atoms with Crippen molar-refractivity contribution in [2.24, 2.45) is 0 Å². The van der Waals surface area contributed by atoms with Crippen LogP contribution in [0.2, 0.25) is 0 Å². The van der Waals surface area contributed by atoms with Gasteiger partial charge in [0.05, 0.1) is 12.1 Å². The third-order valence-electron chi connectivity index (χ3n) is 2.47. The van der Waals surface area contributed by atoms with Gasteiger partial charge in [-0.05, 0) is 28.8 Å². The summed E-state index contributed by atoms with van der Waals surface area (Å²) in [6, 6.07) is 1.75. The maximum Gasteiger partial charge on any atom is 0.237 e. The summed E-state index contributed by atoms with van der Waals surface area (Å²) >= 11 is 1.62. The van der Waals surface area contributed by atoms with Crippen LogP contribution < -0.4 is 10.6 Å². The number of carbonyl (C=O) groups is 1. The normalized spacial score (nSPS) is 25.4. The molecule has 1 aliphatic heterocycles. The number of amides is 1. The molecule has 0 radical (unpaired) electrons. The summed E-state index contributed by atoms with van der Waals surface area (Å²) in [5, 5.41) is 19.1. The number of β-amino-alcohol motifs (C(OH)–C–C–N with tert-alkyl or cyclic N) is 1. The maximum absolute atomic E-state index is 11.6. The number of hydrogen-bond acceptors (Lipinski definition) is 4. The summed E-state index contributed by atoms with van der Waals surface area (Å²) in [7, 11) is 0. The highest BCUT2D eigenvalue weighted by Gasteiger charge is 2.27. The van der Waals surface area contributed by atoms with Gasteiger partial charge >= 0.3 is 0 Å². The van der Waals surface area contributed by atoms with Crippen LogP contribution in [0.4, 0.5) is 0 Å². The molecule has 0 spiro atoms. The zero-order chi connectivity index (χ0) is 10.7. The SMILES string of the molecule is O=C(NCc1ccsc1)[C@H]1C[C@@H](O)CN1. The standard InChI is InChI=1S/C10H14N2O2S/c13-8-3-9(11-5-8)10(14)12-4-7-1-2-15-6-7/h1-2,6,8-9,11,13H,3-5H2,(H,12,14)/t8-,9-/m1/s1. The Balaban J connectivity index is 1.78. The van der Waals surface area contributed by atoms with Gasteiger partial charge in [0.25, 0.3) is 0 Å². The number of carbonyl (C=O) groups excluding carboxylic acids is 1. The first kappa shape index (κ1) is 10.6. The van der Waals surface area contributed by atoms with E-state index in [1.54, 1.807) is 11.3 Å². The van der Waals surface area contributed by atoms with Gasteiger partial charge in [0.15, 0.2) is 0 Å². The molecule has 2 heterocycles. The number of hydrogen-bond donors (Lipinski definition) is 3. The van der Waals surface area contributed by atoms with Crippen molar-refractivity contribution >= 4 is 17.2 Å². The lowest BCUT2D eigenvalue weighted by Gasteiger charge is -2.09. The quantitative estimate of drug-likeness (QED) is 0.684. The second-order valence-corrected chi connectivity index (χ2v) is 4.48. The molecule has 5 heteroatoms. The van der Waals surface area contributed by atoms with Gasteiger partial charge < -0.3 is 15.7 Å². The molecule has 1 saturated heterocycles. The molecule has 0 unspecified atom stereocenters.